The molecule has 1 unspecified atom stereocenters. The Labute approximate surface area is 386 Å². The molecule has 14 heteroatoms. The lowest BCUT2D eigenvalue weighted by Crippen LogP contribution is -2.27. The molecule has 4 N–H and O–H groups in total. The fourth-order valence-corrected chi connectivity index (χ4v) is 10.2. The minimum atomic E-state index is -3.48. The number of benzene rings is 4. The van der Waals surface area contributed by atoms with Gasteiger partial charge in [0.2, 0.25) is 25.4 Å². The lowest BCUT2D eigenvalue weighted by atomic mass is 9.92. The van der Waals surface area contributed by atoms with Crippen molar-refractivity contribution in [1.29, 1.82) is 0 Å². The van der Waals surface area contributed by atoms with Crippen molar-refractivity contribution in [1.82, 2.24) is 9.97 Å². The van der Waals surface area contributed by atoms with Crippen molar-refractivity contribution in [2.75, 3.05) is 37.1 Å². The first-order chi connectivity index (χ1) is 31.2. The van der Waals surface area contributed by atoms with Crippen LogP contribution in [0.2, 0.25) is 0 Å². The maximum atomic E-state index is 13.3. The van der Waals surface area contributed by atoms with Gasteiger partial charge in [0.25, 0.3) is 0 Å². The van der Waals surface area contributed by atoms with Crippen molar-refractivity contribution >= 4 is 54.8 Å². The number of rotatable bonds is 7. The summed E-state index contributed by atoms with van der Waals surface area (Å²) >= 11 is 0. The quantitative estimate of drug-likeness (QED) is 0.122. The number of hydrogen-bond donors (Lipinski definition) is 4. The smallest absolute Gasteiger partial charge is 0.235 e. The van der Waals surface area contributed by atoms with Crippen molar-refractivity contribution in [2.45, 2.75) is 120 Å². The number of H-pyrrole nitrogens is 2. The number of aromatic nitrogens is 2. The molecule has 4 aromatic carbocycles. The predicted molar refractivity (Wildman–Crippen MR) is 256 cm³/mol. The summed E-state index contributed by atoms with van der Waals surface area (Å²) in [7, 11) is -3.48. The van der Waals surface area contributed by atoms with E-state index in [-0.39, 0.29) is 41.1 Å². The van der Waals surface area contributed by atoms with E-state index in [4.69, 9.17) is 23.7 Å². The van der Waals surface area contributed by atoms with Crippen LogP contribution in [0, 0.1) is 0 Å². The second kappa shape index (κ2) is 16.7. The minimum Gasteiger partial charge on any atom is -0.454 e. The first kappa shape index (κ1) is 45.2. The van der Waals surface area contributed by atoms with E-state index in [2.05, 4.69) is 54.4 Å². The molecular formula is C52H60N4O9S. The molecule has 1 atom stereocenters. The second-order valence-electron chi connectivity index (χ2n) is 20.4. The van der Waals surface area contributed by atoms with E-state index in [1.807, 2.05) is 81.4 Å². The molecule has 6 aromatic rings. The first-order valence-corrected chi connectivity index (χ1v) is 24.7. The largest absolute Gasteiger partial charge is 0.454 e. The van der Waals surface area contributed by atoms with Crippen LogP contribution in [0.15, 0.2) is 83.8 Å². The SMILES string of the molecule is CC(C)(C)c1[nH]c2ccc(NC(=O)C3(c4ccc5c(c4)OCO5)CC3)cc2c1S(C)(=O)=O.CC(C)(C)c1cc2cc(NC(=O)C3(c4ccc5c(c4)OCO5)CC3)ccc2[nH]1.CC1CCCO1. The van der Waals surface area contributed by atoms with Crippen LogP contribution in [0.3, 0.4) is 0 Å². The van der Waals surface area contributed by atoms with Crippen LogP contribution in [0.25, 0.3) is 21.8 Å². The fraction of sp³-hybridized carbons (Fsp3) is 0.423. The van der Waals surface area contributed by atoms with Crippen LogP contribution in [-0.4, -0.2) is 62.8 Å². The van der Waals surface area contributed by atoms with Gasteiger partial charge < -0.3 is 44.3 Å². The Bertz CT molecular complexity index is 2960. The highest BCUT2D eigenvalue weighted by molar-refractivity contribution is 7.91. The monoisotopic (exact) mass is 916 g/mol. The third-order valence-corrected chi connectivity index (χ3v) is 14.4. The number of fused-ring (bicyclic) bond motifs is 4. The molecule has 0 radical (unpaired) electrons. The van der Waals surface area contributed by atoms with Gasteiger partial charge in [0, 0.05) is 68.3 Å². The number of carbonyl (C=O) groups excluding carboxylic acids is 2. The predicted octanol–water partition coefficient (Wildman–Crippen LogP) is 10.3. The average molecular weight is 917 g/mol. The zero-order chi connectivity index (χ0) is 46.8. The molecule has 1 saturated heterocycles. The molecule has 5 heterocycles. The molecule has 2 saturated carbocycles. The Hall–Kier alpha value is -5.99. The summed E-state index contributed by atoms with van der Waals surface area (Å²) < 4.78 is 52.1. The number of carbonyl (C=O) groups is 2. The van der Waals surface area contributed by atoms with Crippen molar-refractivity contribution in [3.8, 4) is 23.0 Å². The standard InChI is InChI=1S/C24H26N2O5S.C23H24N2O3.C5H10O/c1-23(2,3)21-20(32(4,28)29)16-12-15(6-7-17(16)26-21)25-22(27)24(9-10-24)14-5-8-18-19(11-14)31-13-30-18;1-22(2,3)20-11-14-10-16(5-6-17(14)25-20)24-21(26)23(8-9-23)15-4-7-18-19(12-15)28-13-27-18;1-5-3-2-4-6-5/h5-8,11-12,26H,9-10,13H2,1-4H3,(H,25,27);4-7,10-12,25H,8-9,13H2,1-3H3,(H,24,26);5H,2-4H2,1H3. The highest BCUT2D eigenvalue weighted by Crippen LogP contribution is 2.52. The van der Waals surface area contributed by atoms with Crippen LogP contribution < -0.4 is 29.6 Å². The van der Waals surface area contributed by atoms with Crippen molar-refractivity contribution in [2.24, 2.45) is 0 Å². The molecule has 2 aromatic heterocycles. The highest BCUT2D eigenvalue weighted by Gasteiger charge is 2.53. The summed E-state index contributed by atoms with van der Waals surface area (Å²) in [6.45, 7) is 16.0. The van der Waals surface area contributed by atoms with E-state index in [9.17, 15) is 18.0 Å². The van der Waals surface area contributed by atoms with Crippen LogP contribution in [0.1, 0.15) is 110 Å². The Morgan fingerprint density at radius 3 is 1.64 bits per heavy atom. The van der Waals surface area contributed by atoms with Gasteiger partial charge in [-0.3, -0.25) is 9.59 Å². The van der Waals surface area contributed by atoms with Crippen LogP contribution >= 0.6 is 0 Å². The molecule has 3 fully saturated rings. The van der Waals surface area contributed by atoms with E-state index in [0.717, 1.165) is 77.0 Å². The van der Waals surface area contributed by atoms with Gasteiger partial charge in [-0.25, -0.2) is 8.42 Å². The lowest BCUT2D eigenvalue weighted by Gasteiger charge is -2.18. The lowest BCUT2D eigenvalue weighted by molar-refractivity contribution is -0.119. The topological polar surface area (TPSA) is 170 Å². The molecule has 348 valence electrons. The van der Waals surface area contributed by atoms with E-state index >= 15 is 0 Å². The second-order valence-corrected chi connectivity index (χ2v) is 22.3. The van der Waals surface area contributed by atoms with E-state index < -0.39 is 20.7 Å². The molecule has 3 aliphatic heterocycles. The minimum absolute atomic E-state index is 0.0392. The summed E-state index contributed by atoms with van der Waals surface area (Å²) in [6, 6.07) is 25.0. The average Bonchev–Trinajstić information content (AvgIpc) is 3.77. The summed E-state index contributed by atoms with van der Waals surface area (Å²) in [5.41, 5.74) is 5.55. The maximum absolute atomic E-state index is 13.3. The van der Waals surface area contributed by atoms with Crippen LogP contribution in [-0.2, 0) is 45.8 Å². The normalized spacial score (nSPS) is 18.5. The first-order valence-electron chi connectivity index (χ1n) is 22.8. The number of ether oxygens (including phenoxy) is 5. The maximum Gasteiger partial charge on any atom is 0.235 e. The van der Waals surface area contributed by atoms with Crippen molar-refractivity contribution in [3.05, 3.63) is 101 Å². The molecule has 66 heavy (non-hydrogen) atoms. The van der Waals surface area contributed by atoms with Crippen molar-refractivity contribution in [3.63, 3.8) is 0 Å². The summed E-state index contributed by atoms with van der Waals surface area (Å²) in [5, 5.41) is 7.83. The molecular weight excluding hydrogens is 857 g/mol. The zero-order valence-electron chi connectivity index (χ0n) is 39.0. The van der Waals surface area contributed by atoms with E-state index in [0.29, 0.717) is 34.4 Å². The Morgan fingerprint density at radius 2 is 1.18 bits per heavy atom. The van der Waals surface area contributed by atoms with Gasteiger partial charge >= 0.3 is 0 Å². The molecule has 0 bridgehead atoms. The Morgan fingerprint density at radius 1 is 0.652 bits per heavy atom. The van der Waals surface area contributed by atoms with Gasteiger partial charge in [0.15, 0.2) is 32.8 Å². The third kappa shape index (κ3) is 8.97. The zero-order valence-corrected chi connectivity index (χ0v) is 39.8. The molecule has 13 nitrogen and oxygen atoms in total. The molecule has 11 rings (SSSR count). The van der Waals surface area contributed by atoms with Gasteiger partial charge in [-0.1, -0.05) is 53.7 Å². The van der Waals surface area contributed by atoms with Crippen LogP contribution in [0.5, 0.6) is 23.0 Å². The fourth-order valence-electron chi connectivity index (χ4n) is 8.94. The summed E-state index contributed by atoms with van der Waals surface area (Å²) in [6.07, 6.45) is 7.47. The molecule has 5 aliphatic rings. The summed E-state index contributed by atoms with van der Waals surface area (Å²) in [4.78, 5) is 33.4. The van der Waals surface area contributed by atoms with Gasteiger partial charge in [0.1, 0.15) is 0 Å². The number of anilines is 2. The number of sulfone groups is 1. The molecule has 0 spiro atoms. The van der Waals surface area contributed by atoms with Gasteiger partial charge in [-0.05, 0) is 123 Å². The number of hydrogen-bond acceptors (Lipinski definition) is 9. The number of nitrogens with one attached hydrogen (secondary N) is 4. The van der Waals surface area contributed by atoms with Gasteiger partial charge in [0.05, 0.1) is 21.8 Å². The number of amides is 2. The molecule has 2 aliphatic carbocycles. The number of aromatic amines is 2. The highest BCUT2D eigenvalue weighted by atomic mass is 32.2. The van der Waals surface area contributed by atoms with E-state index in [1.54, 1.807) is 12.1 Å². The van der Waals surface area contributed by atoms with Crippen LogP contribution in [0.4, 0.5) is 11.4 Å². The van der Waals surface area contributed by atoms with E-state index in [1.165, 1.54) is 24.8 Å². The van der Waals surface area contributed by atoms with Crippen molar-refractivity contribution < 1.29 is 41.7 Å². The molecule has 2 amide bonds. The van der Waals surface area contributed by atoms with Gasteiger partial charge in [-0.2, -0.15) is 0 Å². The Kier molecular flexibility index (Phi) is 11.4. The third-order valence-electron chi connectivity index (χ3n) is 13.2. The summed E-state index contributed by atoms with van der Waals surface area (Å²) in [5.74, 6) is 2.74. The Balaban J connectivity index is 0.000000148. The van der Waals surface area contributed by atoms with Gasteiger partial charge in [-0.15, -0.1) is 0 Å².